The largest absolute Gasteiger partial charge is 0.292 e. The van der Waals surface area contributed by atoms with Gasteiger partial charge in [0.2, 0.25) is 0 Å². The van der Waals surface area contributed by atoms with E-state index in [1.807, 2.05) is 0 Å². The number of carbonyl (C=O) groups is 1. The van der Waals surface area contributed by atoms with Gasteiger partial charge >= 0.3 is 0 Å². The first-order chi connectivity index (χ1) is 6.27. The molecule has 0 saturated heterocycles. The Balaban J connectivity index is 2.50. The van der Waals surface area contributed by atoms with Crippen molar-refractivity contribution in [1.29, 1.82) is 0 Å². The van der Waals surface area contributed by atoms with Crippen molar-refractivity contribution in [3.05, 3.63) is 11.9 Å². The van der Waals surface area contributed by atoms with Crippen molar-refractivity contribution in [2.24, 2.45) is 5.92 Å². The van der Waals surface area contributed by atoms with Gasteiger partial charge in [-0.1, -0.05) is 26.7 Å². The van der Waals surface area contributed by atoms with E-state index in [2.05, 4.69) is 29.3 Å². The predicted molar refractivity (Wildman–Crippen MR) is 49.4 cm³/mol. The van der Waals surface area contributed by atoms with E-state index in [1.54, 1.807) is 0 Å². The van der Waals surface area contributed by atoms with Gasteiger partial charge < -0.3 is 0 Å². The van der Waals surface area contributed by atoms with Gasteiger partial charge in [0.1, 0.15) is 5.69 Å². The van der Waals surface area contributed by atoms with Crippen molar-refractivity contribution in [3.63, 3.8) is 0 Å². The first kappa shape index (κ1) is 9.89. The molecule has 4 nitrogen and oxygen atoms in total. The molecule has 1 heterocycles. The van der Waals surface area contributed by atoms with Crippen molar-refractivity contribution < 1.29 is 4.79 Å². The van der Waals surface area contributed by atoms with E-state index in [0.717, 1.165) is 12.8 Å². The molecule has 4 heteroatoms. The van der Waals surface area contributed by atoms with Gasteiger partial charge in [-0.2, -0.15) is 15.4 Å². The van der Waals surface area contributed by atoms with E-state index in [0.29, 0.717) is 18.0 Å². The summed E-state index contributed by atoms with van der Waals surface area (Å²) in [5.74, 6) is 0.562. The fourth-order valence-corrected chi connectivity index (χ4v) is 1.28. The first-order valence-electron chi connectivity index (χ1n) is 4.66. The third kappa shape index (κ3) is 2.65. The SMILES string of the molecule is CCC(CC)CC(=O)c1cn[nH]n1. The monoisotopic (exact) mass is 181 g/mol. The Labute approximate surface area is 77.7 Å². The second-order valence-corrected chi connectivity index (χ2v) is 3.17. The number of nitrogens with one attached hydrogen (secondary N) is 1. The fourth-order valence-electron chi connectivity index (χ4n) is 1.28. The maximum atomic E-state index is 11.5. The Morgan fingerprint density at radius 2 is 2.23 bits per heavy atom. The van der Waals surface area contributed by atoms with E-state index in [4.69, 9.17) is 0 Å². The molecule has 0 spiro atoms. The molecule has 1 N–H and O–H groups in total. The molecular weight excluding hydrogens is 166 g/mol. The lowest BCUT2D eigenvalue weighted by Crippen LogP contribution is -2.07. The second kappa shape index (κ2) is 4.74. The van der Waals surface area contributed by atoms with Crippen molar-refractivity contribution in [1.82, 2.24) is 15.4 Å². The van der Waals surface area contributed by atoms with Crippen LogP contribution >= 0.6 is 0 Å². The molecule has 13 heavy (non-hydrogen) atoms. The van der Waals surface area contributed by atoms with Crippen LogP contribution < -0.4 is 0 Å². The lowest BCUT2D eigenvalue weighted by molar-refractivity contribution is 0.0954. The van der Waals surface area contributed by atoms with Gasteiger partial charge in [0.05, 0.1) is 6.20 Å². The van der Waals surface area contributed by atoms with Crippen LogP contribution in [0.2, 0.25) is 0 Å². The highest BCUT2D eigenvalue weighted by Crippen LogP contribution is 2.14. The van der Waals surface area contributed by atoms with Crippen molar-refractivity contribution >= 4 is 5.78 Å². The Bertz CT molecular complexity index is 252. The van der Waals surface area contributed by atoms with Crippen molar-refractivity contribution in [3.8, 4) is 0 Å². The van der Waals surface area contributed by atoms with Gasteiger partial charge in [-0.25, -0.2) is 0 Å². The fraction of sp³-hybridized carbons (Fsp3) is 0.667. The van der Waals surface area contributed by atoms with Crippen LogP contribution in [-0.2, 0) is 0 Å². The number of nitrogens with zero attached hydrogens (tertiary/aromatic N) is 2. The zero-order valence-electron chi connectivity index (χ0n) is 8.08. The maximum Gasteiger partial charge on any atom is 0.184 e. The van der Waals surface area contributed by atoms with Crippen LogP contribution in [0.3, 0.4) is 0 Å². The zero-order chi connectivity index (χ0) is 9.68. The van der Waals surface area contributed by atoms with Crippen molar-refractivity contribution in [2.45, 2.75) is 33.1 Å². The van der Waals surface area contributed by atoms with Crippen LogP contribution in [0.25, 0.3) is 0 Å². The molecule has 0 aromatic carbocycles. The van der Waals surface area contributed by atoms with Crippen LogP contribution in [0.5, 0.6) is 0 Å². The van der Waals surface area contributed by atoms with Crippen LogP contribution in [-0.4, -0.2) is 21.2 Å². The van der Waals surface area contributed by atoms with Gasteiger partial charge in [0, 0.05) is 6.42 Å². The van der Waals surface area contributed by atoms with Crippen molar-refractivity contribution in [2.75, 3.05) is 0 Å². The summed E-state index contributed by atoms with van der Waals surface area (Å²) in [7, 11) is 0. The summed E-state index contributed by atoms with van der Waals surface area (Å²) in [4.78, 5) is 11.5. The number of hydrogen-bond acceptors (Lipinski definition) is 3. The summed E-state index contributed by atoms with van der Waals surface area (Å²) >= 11 is 0. The first-order valence-corrected chi connectivity index (χ1v) is 4.66. The minimum Gasteiger partial charge on any atom is -0.292 e. The summed E-state index contributed by atoms with van der Waals surface area (Å²) in [6.45, 7) is 4.20. The lowest BCUT2D eigenvalue weighted by Gasteiger charge is -2.08. The van der Waals surface area contributed by atoms with E-state index in [-0.39, 0.29) is 5.78 Å². The number of Topliss-reactive ketones (excluding diaryl/α,β-unsaturated/α-hetero) is 1. The minimum absolute atomic E-state index is 0.0856. The second-order valence-electron chi connectivity index (χ2n) is 3.17. The molecule has 0 radical (unpaired) electrons. The Morgan fingerprint density at radius 1 is 1.54 bits per heavy atom. The highest BCUT2D eigenvalue weighted by molar-refractivity contribution is 5.93. The van der Waals surface area contributed by atoms with Crippen LogP contribution in [0.1, 0.15) is 43.6 Å². The summed E-state index contributed by atoms with van der Waals surface area (Å²) in [6.07, 6.45) is 4.14. The van der Waals surface area contributed by atoms with Gasteiger partial charge in [0.25, 0.3) is 0 Å². The van der Waals surface area contributed by atoms with E-state index < -0.39 is 0 Å². The predicted octanol–water partition coefficient (Wildman–Crippen LogP) is 1.81. The molecule has 0 fully saturated rings. The van der Waals surface area contributed by atoms with Crippen LogP contribution in [0.15, 0.2) is 6.20 Å². The number of aromatic amines is 1. The maximum absolute atomic E-state index is 11.5. The van der Waals surface area contributed by atoms with Crippen LogP contribution in [0.4, 0.5) is 0 Å². The van der Waals surface area contributed by atoms with E-state index in [1.165, 1.54) is 6.20 Å². The molecule has 0 atom stereocenters. The molecular formula is C9H15N3O. The Morgan fingerprint density at radius 3 is 2.69 bits per heavy atom. The van der Waals surface area contributed by atoms with Gasteiger partial charge in [-0.05, 0) is 5.92 Å². The Hall–Kier alpha value is -1.19. The molecule has 0 aliphatic heterocycles. The van der Waals surface area contributed by atoms with Gasteiger partial charge in [0.15, 0.2) is 5.78 Å². The summed E-state index contributed by atoms with van der Waals surface area (Å²) in [5.41, 5.74) is 0.451. The molecule has 1 rings (SSSR count). The van der Waals surface area contributed by atoms with Crippen LogP contribution in [0, 0.1) is 5.92 Å². The smallest absolute Gasteiger partial charge is 0.184 e. The summed E-state index contributed by atoms with van der Waals surface area (Å²) in [6, 6.07) is 0. The number of rotatable bonds is 5. The minimum atomic E-state index is 0.0856. The summed E-state index contributed by atoms with van der Waals surface area (Å²) < 4.78 is 0. The third-order valence-corrected chi connectivity index (χ3v) is 2.33. The van der Waals surface area contributed by atoms with E-state index >= 15 is 0 Å². The average molecular weight is 181 g/mol. The highest BCUT2D eigenvalue weighted by Gasteiger charge is 2.13. The van der Waals surface area contributed by atoms with Gasteiger partial charge in [-0.3, -0.25) is 4.79 Å². The lowest BCUT2D eigenvalue weighted by atomic mass is 9.96. The molecule has 0 saturated carbocycles. The standard InChI is InChI=1S/C9H15N3O/c1-3-7(4-2)5-9(13)8-6-10-12-11-8/h6-7H,3-5H2,1-2H3,(H,10,11,12). The number of ketones is 1. The molecule has 0 unspecified atom stereocenters. The zero-order valence-corrected chi connectivity index (χ0v) is 8.08. The molecule has 72 valence electrons. The number of aromatic nitrogens is 3. The molecule has 0 amide bonds. The third-order valence-electron chi connectivity index (χ3n) is 2.33. The molecule has 0 aliphatic carbocycles. The Kier molecular flexibility index (Phi) is 3.61. The molecule has 1 aromatic rings. The van der Waals surface area contributed by atoms with Gasteiger partial charge in [-0.15, -0.1) is 0 Å². The number of hydrogen-bond donors (Lipinski definition) is 1. The topological polar surface area (TPSA) is 58.6 Å². The molecule has 0 aliphatic rings. The van der Waals surface area contributed by atoms with E-state index in [9.17, 15) is 4.79 Å². The number of H-pyrrole nitrogens is 1. The molecule has 1 aromatic heterocycles. The highest BCUT2D eigenvalue weighted by atomic mass is 16.1. The number of carbonyl (C=O) groups excluding carboxylic acids is 1. The average Bonchev–Trinajstić information content (AvgIpc) is 2.66. The summed E-state index contributed by atoms with van der Waals surface area (Å²) in [5, 5.41) is 9.80. The quantitative estimate of drug-likeness (QED) is 0.705. The normalized spacial score (nSPS) is 10.7. The molecule has 0 bridgehead atoms.